The van der Waals surface area contributed by atoms with Crippen LogP contribution in [0.3, 0.4) is 0 Å². The van der Waals surface area contributed by atoms with Crippen LogP contribution < -0.4 is 0 Å². The summed E-state index contributed by atoms with van der Waals surface area (Å²) in [5, 5.41) is 8.96. The van der Waals surface area contributed by atoms with Crippen LogP contribution in [0.25, 0.3) is 0 Å². The lowest BCUT2D eigenvalue weighted by Crippen LogP contribution is -2.16. The maximum Gasteiger partial charge on any atom is 0.339 e. The van der Waals surface area contributed by atoms with Crippen molar-refractivity contribution in [2.75, 3.05) is 7.05 Å². The number of carboxylic acids is 1. The normalized spacial score (nSPS) is 11.2. The van der Waals surface area contributed by atoms with Gasteiger partial charge in [-0.2, -0.15) is 0 Å². The molecule has 19 heavy (non-hydrogen) atoms. The lowest BCUT2D eigenvalue weighted by Gasteiger charge is -2.13. The van der Waals surface area contributed by atoms with Gasteiger partial charge >= 0.3 is 5.97 Å². The minimum Gasteiger partial charge on any atom is -0.478 e. The quantitative estimate of drug-likeness (QED) is 0.916. The van der Waals surface area contributed by atoms with Crippen molar-refractivity contribution < 1.29 is 14.3 Å². The van der Waals surface area contributed by atoms with Crippen LogP contribution in [-0.2, 0) is 13.1 Å². The number of thiophene rings is 1. The third kappa shape index (κ3) is 3.59. The van der Waals surface area contributed by atoms with Gasteiger partial charge in [0, 0.05) is 11.4 Å². The average molecular weight is 300 g/mol. The zero-order valence-corrected chi connectivity index (χ0v) is 12.2. The number of hydrogen-bond acceptors (Lipinski definition) is 4. The molecule has 0 unspecified atom stereocenters. The van der Waals surface area contributed by atoms with Gasteiger partial charge in [-0.05, 0) is 32.2 Å². The highest BCUT2D eigenvalue weighted by Crippen LogP contribution is 2.23. The van der Waals surface area contributed by atoms with E-state index in [4.69, 9.17) is 21.1 Å². The Bertz CT molecular complexity index is 590. The Kier molecular flexibility index (Phi) is 4.29. The molecule has 0 bridgehead atoms. The zero-order valence-electron chi connectivity index (χ0n) is 10.6. The summed E-state index contributed by atoms with van der Waals surface area (Å²) in [6.07, 6.45) is 0. The van der Waals surface area contributed by atoms with Crippen molar-refractivity contribution in [3.8, 4) is 0 Å². The van der Waals surface area contributed by atoms with Gasteiger partial charge in [0.2, 0.25) is 0 Å². The van der Waals surface area contributed by atoms with E-state index >= 15 is 0 Å². The fourth-order valence-corrected chi connectivity index (χ4v) is 3.03. The first-order valence-corrected chi connectivity index (χ1v) is 6.90. The lowest BCUT2D eigenvalue weighted by atomic mass is 10.2. The molecule has 0 spiro atoms. The van der Waals surface area contributed by atoms with E-state index in [9.17, 15) is 4.79 Å². The van der Waals surface area contributed by atoms with Crippen molar-refractivity contribution in [3.63, 3.8) is 0 Å². The molecule has 0 aliphatic heterocycles. The second-order valence-corrected chi connectivity index (χ2v) is 6.17. The number of hydrogen-bond donors (Lipinski definition) is 1. The SMILES string of the molecule is Cc1oc(CN(C)Cc2ccc(Cl)s2)cc1C(=O)O. The zero-order chi connectivity index (χ0) is 14.0. The Balaban J connectivity index is 2.00. The van der Waals surface area contributed by atoms with E-state index in [1.807, 2.05) is 24.1 Å². The maximum atomic E-state index is 10.9. The second kappa shape index (κ2) is 5.77. The van der Waals surface area contributed by atoms with Crippen molar-refractivity contribution in [2.24, 2.45) is 0 Å². The number of furan rings is 1. The predicted molar refractivity (Wildman–Crippen MR) is 74.9 cm³/mol. The van der Waals surface area contributed by atoms with Gasteiger partial charge in [-0.15, -0.1) is 11.3 Å². The van der Waals surface area contributed by atoms with Gasteiger partial charge in [-0.1, -0.05) is 11.6 Å². The molecule has 0 saturated carbocycles. The summed E-state index contributed by atoms with van der Waals surface area (Å²) in [7, 11) is 1.95. The molecule has 0 aliphatic carbocycles. The predicted octanol–water partition coefficient (Wildman–Crippen LogP) is 3.63. The van der Waals surface area contributed by atoms with Crippen LogP contribution >= 0.6 is 22.9 Å². The van der Waals surface area contributed by atoms with Gasteiger partial charge < -0.3 is 9.52 Å². The summed E-state index contributed by atoms with van der Waals surface area (Å²) in [4.78, 5) is 14.1. The first-order valence-electron chi connectivity index (χ1n) is 5.71. The van der Waals surface area contributed by atoms with Crippen molar-refractivity contribution >= 4 is 28.9 Å². The fraction of sp³-hybridized carbons (Fsp3) is 0.308. The second-order valence-electron chi connectivity index (χ2n) is 4.37. The molecular formula is C13H14ClNO3S. The molecule has 1 N–H and O–H groups in total. The van der Waals surface area contributed by atoms with E-state index in [1.165, 1.54) is 11.3 Å². The monoisotopic (exact) mass is 299 g/mol. The average Bonchev–Trinajstić information content (AvgIpc) is 2.85. The summed E-state index contributed by atoms with van der Waals surface area (Å²) in [5.74, 6) is 0.135. The number of aromatic carboxylic acids is 1. The molecular weight excluding hydrogens is 286 g/mol. The molecule has 0 atom stereocenters. The van der Waals surface area contributed by atoms with Crippen LogP contribution in [0, 0.1) is 6.92 Å². The van der Waals surface area contributed by atoms with Crippen LogP contribution in [0.5, 0.6) is 0 Å². The summed E-state index contributed by atoms with van der Waals surface area (Å²) >= 11 is 7.42. The number of carboxylic acid groups (broad SMARTS) is 1. The molecule has 2 heterocycles. The van der Waals surface area contributed by atoms with Crippen LogP contribution in [-0.4, -0.2) is 23.0 Å². The van der Waals surface area contributed by atoms with Crippen LogP contribution in [0.15, 0.2) is 22.6 Å². The van der Waals surface area contributed by atoms with Crippen molar-refractivity contribution in [1.29, 1.82) is 0 Å². The number of nitrogens with zero attached hydrogens (tertiary/aromatic N) is 1. The topological polar surface area (TPSA) is 53.7 Å². The maximum absolute atomic E-state index is 10.9. The van der Waals surface area contributed by atoms with Crippen molar-refractivity contribution in [1.82, 2.24) is 4.90 Å². The van der Waals surface area contributed by atoms with Gasteiger partial charge in [0.05, 0.1) is 10.9 Å². The van der Waals surface area contributed by atoms with E-state index in [0.717, 1.165) is 15.8 Å². The third-order valence-electron chi connectivity index (χ3n) is 2.68. The summed E-state index contributed by atoms with van der Waals surface area (Å²) in [6.45, 7) is 2.97. The molecule has 0 aromatic carbocycles. The molecule has 2 aromatic heterocycles. The lowest BCUT2D eigenvalue weighted by molar-refractivity contribution is 0.0695. The Morgan fingerprint density at radius 1 is 1.47 bits per heavy atom. The highest BCUT2D eigenvalue weighted by atomic mass is 35.5. The molecule has 6 heteroatoms. The summed E-state index contributed by atoms with van der Waals surface area (Å²) < 4.78 is 6.21. The van der Waals surface area contributed by atoms with Gasteiger partial charge in [-0.3, -0.25) is 4.90 Å². The summed E-state index contributed by atoms with van der Waals surface area (Å²) in [5.41, 5.74) is 0.225. The van der Waals surface area contributed by atoms with E-state index in [1.54, 1.807) is 13.0 Å². The van der Waals surface area contributed by atoms with Crippen molar-refractivity contribution in [3.05, 3.63) is 44.5 Å². The largest absolute Gasteiger partial charge is 0.478 e. The standard InChI is InChI=1S/C13H14ClNO3S/c1-8-11(13(16)17)5-9(18-8)6-15(2)7-10-3-4-12(14)19-10/h3-5H,6-7H2,1-2H3,(H,16,17). The molecule has 102 valence electrons. The molecule has 2 aromatic rings. The molecule has 0 fully saturated rings. The Hall–Kier alpha value is -1.30. The van der Waals surface area contributed by atoms with E-state index < -0.39 is 5.97 Å². The third-order valence-corrected chi connectivity index (χ3v) is 3.90. The Labute approximate surface area is 120 Å². The highest BCUT2D eigenvalue weighted by molar-refractivity contribution is 7.16. The minimum absolute atomic E-state index is 0.225. The van der Waals surface area contributed by atoms with Gasteiger partial charge in [0.1, 0.15) is 17.1 Å². The molecule has 0 aliphatic rings. The number of halogens is 1. The molecule has 0 amide bonds. The van der Waals surface area contributed by atoms with Gasteiger partial charge in [0.15, 0.2) is 0 Å². The van der Waals surface area contributed by atoms with E-state index in [-0.39, 0.29) is 5.56 Å². The fourth-order valence-electron chi connectivity index (χ4n) is 1.86. The molecule has 0 radical (unpaired) electrons. The summed E-state index contributed by atoms with van der Waals surface area (Å²) in [6, 6.07) is 5.43. The number of aryl methyl sites for hydroxylation is 1. The molecule has 2 rings (SSSR count). The van der Waals surface area contributed by atoms with Gasteiger partial charge in [0.25, 0.3) is 0 Å². The highest BCUT2D eigenvalue weighted by Gasteiger charge is 2.15. The Morgan fingerprint density at radius 3 is 2.74 bits per heavy atom. The minimum atomic E-state index is -0.958. The molecule has 0 saturated heterocycles. The van der Waals surface area contributed by atoms with E-state index in [2.05, 4.69) is 0 Å². The van der Waals surface area contributed by atoms with E-state index in [0.29, 0.717) is 18.1 Å². The molecule has 4 nitrogen and oxygen atoms in total. The Morgan fingerprint density at radius 2 is 2.21 bits per heavy atom. The number of carbonyl (C=O) groups is 1. The first kappa shape index (κ1) is 14.1. The van der Waals surface area contributed by atoms with Crippen LogP contribution in [0.4, 0.5) is 0 Å². The van der Waals surface area contributed by atoms with Crippen LogP contribution in [0.2, 0.25) is 4.34 Å². The first-order chi connectivity index (χ1) is 8.95. The van der Waals surface area contributed by atoms with Gasteiger partial charge in [-0.25, -0.2) is 4.79 Å². The van der Waals surface area contributed by atoms with Crippen LogP contribution in [0.1, 0.15) is 26.8 Å². The smallest absolute Gasteiger partial charge is 0.339 e. The number of rotatable bonds is 5. The van der Waals surface area contributed by atoms with Crippen molar-refractivity contribution in [2.45, 2.75) is 20.0 Å².